The van der Waals surface area contributed by atoms with E-state index in [9.17, 15) is 9.59 Å². The van der Waals surface area contributed by atoms with E-state index in [1.54, 1.807) is 0 Å². The van der Waals surface area contributed by atoms with Crippen molar-refractivity contribution in [3.8, 4) is 0 Å². The van der Waals surface area contributed by atoms with Crippen LogP contribution >= 0.6 is 11.6 Å². The van der Waals surface area contributed by atoms with Crippen LogP contribution in [-0.4, -0.2) is 48.9 Å². The number of likely N-dealkylation sites (N-methyl/N-ethyl adjacent to an activating group) is 1. The second-order valence-electron chi connectivity index (χ2n) is 3.95. The molecule has 0 aromatic rings. The molecule has 1 aliphatic carbocycles. The quantitative estimate of drug-likeness (QED) is 0.674. The van der Waals surface area contributed by atoms with Gasteiger partial charge in [0.15, 0.2) is 0 Å². The first-order valence-electron chi connectivity index (χ1n) is 5.47. The average molecular weight is 248 g/mol. The van der Waals surface area contributed by atoms with Crippen LogP contribution in [0.2, 0.25) is 0 Å². The summed E-state index contributed by atoms with van der Waals surface area (Å²) in [6.07, 6.45) is 2.66. The Labute approximate surface area is 101 Å². The van der Waals surface area contributed by atoms with Gasteiger partial charge in [0, 0.05) is 31.4 Å². The van der Waals surface area contributed by atoms with Gasteiger partial charge in [-0.3, -0.25) is 10.1 Å². The van der Waals surface area contributed by atoms with Crippen LogP contribution in [-0.2, 0) is 4.79 Å². The molecule has 0 aliphatic heterocycles. The van der Waals surface area contributed by atoms with Crippen molar-refractivity contribution in [2.75, 3.05) is 26.0 Å². The van der Waals surface area contributed by atoms with E-state index in [-0.39, 0.29) is 18.2 Å². The Bertz CT molecular complexity index is 256. The van der Waals surface area contributed by atoms with Crippen LogP contribution in [0.1, 0.15) is 19.3 Å². The molecule has 16 heavy (non-hydrogen) atoms. The number of carbonyl (C=O) groups is 2. The number of imide groups is 1. The lowest BCUT2D eigenvalue weighted by molar-refractivity contribution is -0.119. The predicted octanol–water partition coefficient (Wildman–Crippen LogP) is 0.535. The van der Waals surface area contributed by atoms with E-state index in [1.807, 2.05) is 7.05 Å². The van der Waals surface area contributed by atoms with Crippen molar-refractivity contribution in [3.05, 3.63) is 0 Å². The van der Waals surface area contributed by atoms with Crippen LogP contribution in [0.15, 0.2) is 0 Å². The van der Waals surface area contributed by atoms with Gasteiger partial charge in [-0.2, -0.15) is 0 Å². The summed E-state index contributed by atoms with van der Waals surface area (Å²) in [4.78, 5) is 24.4. The highest BCUT2D eigenvalue weighted by Crippen LogP contribution is 2.24. The third kappa shape index (κ3) is 5.32. The van der Waals surface area contributed by atoms with Gasteiger partial charge in [0.1, 0.15) is 0 Å². The zero-order valence-electron chi connectivity index (χ0n) is 9.46. The van der Waals surface area contributed by atoms with Gasteiger partial charge in [-0.25, -0.2) is 4.79 Å². The van der Waals surface area contributed by atoms with E-state index < -0.39 is 6.03 Å². The number of nitrogens with one attached hydrogen (secondary N) is 2. The predicted molar refractivity (Wildman–Crippen MR) is 62.5 cm³/mol. The van der Waals surface area contributed by atoms with Crippen LogP contribution in [0.4, 0.5) is 4.79 Å². The van der Waals surface area contributed by atoms with Crippen molar-refractivity contribution >= 4 is 23.5 Å². The second-order valence-corrected chi connectivity index (χ2v) is 4.33. The first-order chi connectivity index (χ1) is 7.63. The molecule has 0 aromatic carbocycles. The summed E-state index contributed by atoms with van der Waals surface area (Å²) in [6.45, 7) is 1.36. The third-order valence-electron chi connectivity index (χ3n) is 2.49. The van der Waals surface area contributed by atoms with E-state index in [0.29, 0.717) is 12.6 Å². The molecule has 0 radical (unpaired) electrons. The molecule has 3 amide bonds. The molecular weight excluding hydrogens is 230 g/mol. The molecule has 5 nitrogen and oxygen atoms in total. The molecule has 0 unspecified atom stereocenters. The third-order valence-corrected chi connectivity index (χ3v) is 2.68. The van der Waals surface area contributed by atoms with Crippen LogP contribution < -0.4 is 10.6 Å². The van der Waals surface area contributed by atoms with Gasteiger partial charge in [-0.05, 0) is 19.9 Å². The maximum Gasteiger partial charge on any atom is 0.321 e. The smallest absolute Gasteiger partial charge is 0.321 e. The van der Waals surface area contributed by atoms with Crippen molar-refractivity contribution in [3.63, 3.8) is 0 Å². The Morgan fingerprint density at radius 1 is 1.44 bits per heavy atom. The Kier molecular flexibility index (Phi) is 5.55. The van der Waals surface area contributed by atoms with Crippen LogP contribution in [0.5, 0.6) is 0 Å². The number of amides is 3. The minimum atomic E-state index is -0.445. The first kappa shape index (κ1) is 13.3. The molecule has 0 saturated heterocycles. The molecule has 0 spiro atoms. The lowest BCUT2D eigenvalue weighted by Gasteiger charge is -2.15. The SMILES string of the molecule is CN(CCNC(=O)NC(=O)CCCl)C1CC1. The van der Waals surface area contributed by atoms with E-state index in [2.05, 4.69) is 15.5 Å². The highest BCUT2D eigenvalue weighted by molar-refractivity contribution is 6.19. The van der Waals surface area contributed by atoms with Gasteiger partial charge in [0.2, 0.25) is 5.91 Å². The van der Waals surface area contributed by atoms with Crippen molar-refractivity contribution in [2.24, 2.45) is 0 Å². The van der Waals surface area contributed by atoms with Gasteiger partial charge in [-0.15, -0.1) is 11.6 Å². The summed E-state index contributed by atoms with van der Waals surface area (Å²) in [7, 11) is 2.04. The maximum atomic E-state index is 11.2. The van der Waals surface area contributed by atoms with Gasteiger partial charge in [0.25, 0.3) is 0 Å². The molecule has 1 saturated carbocycles. The van der Waals surface area contributed by atoms with E-state index >= 15 is 0 Å². The molecule has 2 N–H and O–H groups in total. The minimum Gasteiger partial charge on any atom is -0.337 e. The van der Waals surface area contributed by atoms with E-state index in [1.165, 1.54) is 12.8 Å². The minimum absolute atomic E-state index is 0.164. The van der Waals surface area contributed by atoms with Gasteiger partial charge >= 0.3 is 6.03 Å². The second kappa shape index (κ2) is 6.70. The monoisotopic (exact) mass is 247 g/mol. The van der Waals surface area contributed by atoms with Crippen LogP contribution in [0.3, 0.4) is 0 Å². The summed E-state index contributed by atoms with van der Waals surface area (Å²) in [5.41, 5.74) is 0. The molecule has 0 aromatic heterocycles. The number of carbonyl (C=O) groups excluding carboxylic acids is 2. The summed E-state index contributed by atoms with van der Waals surface area (Å²) in [5, 5.41) is 4.84. The summed E-state index contributed by atoms with van der Waals surface area (Å²) >= 11 is 5.37. The summed E-state index contributed by atoms with van der Waals surface area (Å²) < 4.78 is 0. The fourth-order valence-corrected chi connectivity index (χ4v) is 1.53. The normalized spacial score (nSPS) is 14.9. The molecule has 6 heteroatoms. The van der Waals surface area contributed by atoms with Crippen molar-refractivity contribution in [1.82, 2.24) is 15.5 Å². The highest BCUT2D eigenvalue weighted by atomic mass is 35.5. The molecule has 0 heterocycles. The van der Waals surface area contributed by atoms with E-state index in [4.69, 9.17) is 11.6 Å². The molecule has 0 bridgehead atoms. The first-order valence-corrected chi connectivity index (χ1v) is 6.01. The number of rotatable bonds is 6. The van der Waals surface area contributed by atoms with Gasteiger partial charge in [0.05, 0.1) is 0 Å². The van der Waals surface area contributed by atoms with Gasteiger partial charge in [-0.1, -0.05) is 0 Å². The number of hydrogen-bond acceptors (Lipinski definition) is 3. The number of nitrogens with zero attached hydrogens (tertiary/aromatic N) is 1. The molecule has 1 rings (SSSR count). The Balaban J connectivity index is 2.03. The largest absolute Gasteiger partial charge is 0.337 e. The summed E-state index contributed by atoms with van der Waals surface area (Å²) in [6, 6.07) is 0.238. The number of alkyl halides is 1. The lowest BCUT2D eigenvalue weighted by atomic mass is 10.4. The van der Waals surface area contributed by atoms with Gasteiger partial charge < -0.3 is 10.2 Å². The zero-order chi connectivity index (χ0) is 12.0. The maximum absolute atomic E-state index is 11.2. The Hall–Kier alpha value is -0.810. The van der Waals surface area contributed by atoms with E-state index in [0.717, 1.165) is 6.54 Å². The highest BCUT2D eigenvalue weighted by Gasteiger charge is 2.25. The summed E-state index contributed by atoms with van der Waals surface area (Å²) in [5.74, 6) is -0.119. The Morgan fingerprint density at radius 3 is 2.69 bits per heavy atom. The van der Waals surface area contributed by atoms with Crippen molar-refractivity contribution < 1.29 is 9.59 Å². The molecular formula is C10H18ClN3O2. The van der Waals surface area contributed by atoms with Crippen molar-refractivity contribution in [1.29, 1.82) is 0 Å². The molecule has 1 aliphatic rings. The zero-order valence-corrected chi connectivity index (χ0v) is 10.2. The number of hydrogen-bond donors (Lipinski definition) is 2. The topological polar surface area (TPSA) is 61.4 Å². The lowest BCUT2D eigenvalue weighted by Crippen LogP contribution is -2.42. The fourth-order valence-electron chi connectivity index (χ4n) is 1.36. The number of urea groups is 1. The average Bonchev–Trinajstić information content (AvgIpc) is 3.00. The fraction of sp³-hybridized carbons (Fsp3) is 0.800. The molecule has 92 valence electrons. The number of halogens is 1. The molecule has 1 fully saturated rings. The molecule has 0 atom stereocenters. The van der Waals surface area contributed by atoms with Crippen molar-refractivity contribution in [2.45, 2.75) is 25.3 Å². The van der Waals surface area contributed by atoms with Crippen LogP contribution in [0.25, 0.3) is 0 Å². The van der Waals surface area contributed by atoms with Crippen LogP contribution in [0, 0.1) is 0 Å². The Morgan fingerprint density at radius 2 is 2.12 bits per heavy atom. The standard InChI is InChI=1S/C10H18ClN3O2/c1-14(8-2-3-8)7-6-12-10(16)13-9(15)4-5-11/h8H,2-7H2,1H3,(H2,12,13,15,16).